The summed E-state index contributed by atoms with van der Waals surface area (Å²) in [6, 6.07) is 10.6. The number of hydrogen-bond acceptors (Lipinski definition) is 5. The van der Waals surface area contributed by atoms with Gasteiger partial charge in [-0.15, -0.1) is 0 Å². The van der Waals surface area contributed by atoms with Crippen LogP contribution in [0.1, 0.15) is 30.5 Å². The lowest BCUT2D eigenvalue weighted by Gasteiger charge is -2.25. The number of aliphatic hydroxyl groups is 1. The highest BCUT2D eigenvalue weighted by molar-refractivity contribution is 6.47. The number of likely N-dealkylation sites (tertiary alicyclic amines) is 1. The molecular formula is C23H23Cl2NO5. The number of ketones is 1. The molecule has 1 fully saturated rings. The number of amides is 1. The van der Waals surface area contributed by atoms with E-state index in [1.807, 2.05) is 6.92 Å². The van der Waals surface area contributed by atoms with E-state index in [1.165, 1.54) is 18.1 Å². The Kier molecular flexibility index (Phi) is 7.59. The van der Waals surface area contributed by atoms with Crippen molar-refractivity contribution in [3.8, 4) is 5.75 Å². The van der Waals surface area contributed by atoms with E-state index in [9.17, 15) is 14.7 Å². The lowest BCUT2D eigenvalue weighted by Crippen LogP contribution is -2.32. The molecular weight excluding hydrogens is 441 g/mol. The monoisotopic (exact) mass is 463 g/mol. The number of carbonyl (C=O) groups excluding carboxylic acids is 2. The van der Waals surface area contributed by atoms with Crippen molar-refractivity contribution in [3.63, 3.8) is 0 Å². The third kappa shape index (κ3) is 4.87. The van der Waals surface area contributed by atoms with Crippen LogP contribution in [0, 0.1) is 0 Å². The first-order valence-electron chi connectivity index (χ1n) is 9.84. The van der Waals surface area contributed by atoms with Gasteiger partial charge in [0.1, 0.15) is 11.5 Å². The maximum Gasteiger partial charge on any atom is 0.295 e. The van der Waals surface area contributed by atoms with Gasteiger partial charge in [0, 0.05) is 29.3 Å². The number of aliphatic hydroxyl groups excluding tert-OH is 1. The van der Waals surface area contributed by atoms with Gasteiger partial charge in [-0.1, -0.05) is 36.2 Å². The Hall–Kier alpha value is -2.54. The lowest BCUT2D eigenvalue weighted by molar-refractivity contribution is -0.140. The average molecular weight is 464 g/mol. The summed E-state index contributed by atoms with van der Waals surface area (Å²) in [5.74, 6) is -1.14. The fraction of sp³-hybridized carbons (Fsp3) is 0.304. The van der Waals surface area contributed by atoms with E-state index in [4.69, 9.17) is 32.7 Å². The van der Waals surface area contributed by atoms with E-state index in [2.05, 4.69) is 0 Å². The molecule has 1 aliphatic rings. The maximum absolute atomic E-state index is 12.9. The Labute approximate surface area is 191 Å². The van der Waals surface area contributed by atoms with Crippen molar-refractivity contribution in [2.45, 2.75) is 19.4 Å². The number of halogens is 2. The quantitative estimate of drug-likeness (QED) is 0.344. The van der Waals surface area contributed by atoms with Crippen molar-refractivity contribution in [3.05, 3.63) is 69.2 Å². The number of hydrogen-bond donors (Lipinski definition) is 1. The first-order chi connectivity index (χ1) is 14.9. The number of ether oxygens (including phenoxy) is 2. The van der Waals surface area contributed by atoms with Crippen LogP contribution in [0.5, 0.6) is 5.75 Å². The Balaban J connectivity index is 2.09. The van der Waals surface area contributed by atoms with Gasteiger partial charge in [-0.25, -0.2) is 0 Å². The van der Waals surface area contributed by atoms with Crippen LogP contribution in [-0.4, -0.2) is 48.6 Å². The Morgan fingerprint density at radius 3 is 2.42 bits per heavy atom. The summed E-state index contributed by atoms with van der Waals surface area (Å²) in [6.07, 6.45) is 0.870. The van der Waals surface area contributed by atoms with Crippen molar-refractivity contribution in [1.29, 1.82) is 0 Å². The Bertz CT molecular complexity index is 1000. The second-order valence-corrected chi connectivity index (χ2v) is 7.87. The third-order valence-corrected chi connectivity index (χ3v) is 5.50. The Morgan fingerprint density at radius 2 is 1.81 bits per heavy atom. The molecule has 3 rings (SSSR count). The summed E-state index contributed by atoms with van der Waals surface area (Å²) in [6.45, 7) is 2.96. The summed E-state index contributed by atoms with van der Waals surface area (Å²) in [5.41, 5.74) is 0.849. The smallest absolute Gasteiger partial charge is 0.295 e. The molecule has 1 N–H and O–H groups in total. The predicted molar refractivity (Wildman–Crippen MR) is 120 cm³/mol. The minimum atomic E-state index is -0.865. The van der Waals surface area contributed by atoms with Crippen LogP contribution in [0.4, 0.5) is 0 Å². The normalized spacial score (nSPS) is 17.9. The first kappa shape index (κ1) is 23.1. The van der Waals surface area contributed by atoms with Gasteiger partial charge < -0.3 is 19.5 Å². The molecule has 31 heavy (non-hydrogen) atoms. The molecule has 0 bridgehead atoms. The van der Waals surface area contributed by atoms with Crippen molar-refractivity contribution in [2.75, 3.05) is 26.9 Å². The van der Waals surface area contributed by atoms with Crippen LogP contribution in [0.3, 0.4) is 0 Å². The van der Waals surface area contributed by atoms with Crippen LogP contribution in [0.2, 0.25) is 10.0 Å². The van der Waals surface area contributed by atoms with Gasteiger partial charge in [0.15, 0.2) is 0 Å². The van der Waals surface area contributed by atoms with E-state index in [-0.39, 0.29) is 29.5 Å². The second kappa shape index (κ2) is 10.2. The second-order valence-electron chi connectivity index (χ2n) is 7.02. The van der Waals surface area contributed by atoms with Crippen LogP contribution in [-0.2, 0) is 14.3 Å². The predicted octanol–water partition coefficient (Wildman–Crippen LogP) is 4.85. The zero-order valence-electron chi connectivity index (χ0n) is 17.2. The molecule has 0 saturated carbocycles. The molecule has 1 unspecified atom stereocenters. The highest BCUT2D eigenvalue weighted by atomic mass is 35.5. The van der Waals surface area contributed by atoms with Crippen LogP contribution < -0.4 is 4.74 Å². The molecule has 0 radical (unpaired) electrons. The van der Waals surface area contributed by atoms with Crippen molar-refractivity contribution in [2.24, 2.45) is 0 Å². The molecule has 0 spiro atoms. The van der Waals surface area contributed by atoms with E-state index >= 15 is 0 Å². The van der Waals surface area contributed by atoms with Gasteiger partial charge in [0.25, 0.3) is 11.7 Å². The number of carbonyl (C=O) groups is 2. The molecule has 0 aliphatic carbocycles. The number of rotatable bonds is 8. The molecule has 1 aliphatic heterocycles. The maximum atomic E-state index is 12.9. The van der Waals surface area contributed by atoms with Gasteiger partial charge in [-0.05, 0) is 48.4 Å². The average Bonchev–Trinajstić information content (AvgIpc) is 3.00. The molecule has 1 atom stereocenters. The molecule has 1 heterocycles. The first-order valence-corrected chi connectivity index (χ1v) is 10.6. The number of methoxy groups -OCH3 is 1. The fourth-order valence-corrected chi connectivity index (χ4v) is 3.94. The molecule has 164 valence electrons. The summed E-state index contributed by atoms with van der Waals surface area (Å²) in [4.78, 5) is 27.1. The summed E-state index contributed by atoms with van der Waals surface area (Å²) in [7, 11) is 1.50. The largest absolute Gasteiger partial charge is 0.507 e. The van der Waals surface area contributed by atoms with E-state index in [1.54, 1.807) is 36.4 Å². The zero-order valence-corrected chi connectivity index (χ0v) is 18.7. The SMILES string of the molecule is CCCOc1ccc(/C(O)=C2\C(=O)C(=O)N(CCOC)C2c2ccc(Cl)cc2Cl)cc1. The highest BCUT2D eigenvalue weighted by Gasteiger charge is 2.46. The van der Waals surface area contributed by atoms with Crippen molar-refractivity contribution >= 4 is 40.7 Å². The van der Waals surface area contributed by atoms with Gasteiger partial charge in [0.05, 0.1) is 24.8 Å². The van der Waals surface area contributed by atoms with Gasteiger partial charge in [0.2, 0.25) is 0 Å². The van der Waals surface area contributed by atoms with Crippen LogP contribution in [0.15, 0.2) is 48.0 Å². The number of benzene rings is 2. The van der Waals surface area contributed by atoms with Gasteiger partial charge in [-0.3, -0.25) is 9.59 Å². The van der Waals surface area contributed by atoms with Crippen LogP contribution in [0.25, 0.3) is 5.76 Å². The zero-order chi connectivity index (χ0) is 22.5. The third-order valence-electron chi connectivity index (χ3n) is 4.93. The van der Waals surface area contributed by atoms with E-state index < -0.39 is 17.7 Å². The fourth-order valence-electron chi connectivity index (χ4n) is 3.43. The summed E-state index contributed by atoms with van der Waals surface area (Å²) < 4.78 is 10.7. The Morgan fingerprint density at radius 1 is 1.10 bits per heavy atom. The standard InChI is InChI=1S/C23H23Cl2NO5/c1-3-11-31-16-7-4-14(5-8-16)21(27)19-20(17-9-6-15(24)13-18(17)25)26(10-12-30-2)23(29)22(19)28/h4-9,13,20,27H,3,10-12H2,1-2H3/b21-19+. The molecule has 1 amide bonds. The topological polar surface area (TPSA) is 76.1 Å². The minimum absolute atomic E-state index is 0.0347. The molecule has 2 aromatic rings. The minimum Gasteiger partial charge on any atom is -0.507 e. The number of nitrogens with zero attached hydrogens (tertiary/aromatic N) is 1. The van der Waals surface area contributed by atoms with E-state index in [0.29, 0.717) is 28.5 Å². The van der Waals surface area contributed by atoms with Gasteiger partial charge >= 0.3 is 0 Å². The molecule has 2 aromatic carbocycles. The molecule has 6 nitrogen and oxygen atoms in total. The molecule has 1 saturated heterocycles. The summed E-state index contributed by atoms with van der Waals surface area (Å²) in [5, 5.41) is 11.7. The molecule has 8 heteroatoms. The lowest BCUT2D eigenvalue weighted by atomic mass is 9.95. The number of Topliss-reactive ketones (excluding diaryl/α,β-unsaturated/α-hetero) is 1. The summed E-state index contributed by atoms with van der Waals surface area (Å²) >= 11 is 12.4. The van der Waals surface area contributed by atoms with Crippen molar-refractivity contribution in [1.82, 2.24) is 4.90 Å². The molecule has 0 aromatic heterocycles. The van der Waals surface area contributed by atoms with Crippen LogP contribution >= 0.6 is 23.2 Å². The van der Waals surface area contributed by atoms with Crippen molar-refractivity contribution < 1.29 is 24.2 Å². The van der Waals surface area contributed by atoms with Gasteiger partial charge in [-0.2, -0.15) is 0 Å². The van der Waals surface area contributed by atoms with E-state index in [0.717, 1.165) is 6.42 Å². The highest BCUT2D eigenvalue weighted by Crippen LogP contribution is 2.42.